The highest BCUT2D eigenvalue weighted by Crippen LogP contribution is 2.11. The van der Waals surface area contributed by atoms with Crippen molar-refractivity contribution in [2.24, 2.45) is 16.8 Å². The summed E-state index contributed by atoms with van der Waals surface area (Å²) in [6, 6.07) is -0.352. The van der Waals surface area contributed by atoms with Gasteiger partial charge in [-0.05, 0) is 6.92 Å². The van der Waals surface area contributed by atoms with Crippen LogP contribution in [0.3, 0.4) is 0 Å². The molecule has 1 saturated heterocycles. The van der Waals surface area contributed by atoms with Crippen LogP contribution in [0.25, 0.3) is 0 Å². The lowest BCUT2D eigenvalue weighted by Gasteiger charge is -2.35. The summed E-state index contributed by atoms with van der Waals surface area (Å²) in [7, 11) is 0. The van der Waals surface area contributed by atoms with E-state index in [1.807, 2.05) is 0 Å². The number of amidine groups is 1. The minimum Gasteiger partial charge on any atom is -0.409 e. The van der Waals surface area contributed by atoms with Gasteiger partial charge in [-0.1, -0.05) is 5.16 Å². The van der Waals surface area contributed by atoms with Gasteiger partial charge in [0.2, 0.25) is 5.91 Å². The minimum absolute atomic E-state index is 0.131. The molecule has 1 amide bonds. The number of hydrogen-bond acceptors (Lipinski definition) is 5. The Hall–Kier alpha value is -1.34. The highest BCUT2D eigenvalue weighted by Gasteiger charge is 2.31. The van der Waals surface area contributed by atoms with Crippen LogP contribution >= 0.6 is 0 Å². The van der Waals surface area contributed by atoms with E-state index in [0.717, 1.165) is 0 Å². The van der Waals surface area contributed by atoms with Crippen LogP contribution in [0.15, 0.2) is 5.16 Å². The molecule has 0 aromatic carbocycles. The van der Waals surface area contributed by atoms with Gasteiger partial charge in [0.05, 0.1) is 31.8 Å². The summed E-state index contributed by atoms with van der Waals surface area (Å²) >= 11 is 0. The highest BCUT2D eigenvalue weighted by molar-refractivity contribution is 6.01. The molecule has 0 aliphatic carbocycles. The van der Waals surface area contributed by atoms with Gasteiger partial charge in [-0.2, -0.15) is 0 Å². The Morgan fingerprint density at radius 2 is 2.44 bits per heavy atom. The van der Waals surface area contributed by atoms with E-state index in [0.29, 0.717) is 19.8 Å². The number of oxime groups is 1. The monoisotopic (exact) mass is 231 g/mol. The number of carbonyl (C=O) groups excluding carboxylic acids is 1. The number of nitrogens with two attached hydrogens (primary N) is 1. The molecule has 1 heterocycles. The molecule has 2 unspecified atom stereocenters. The van der Waals surface area contributed by atoms with Crippen molar-refractivity contribution in [3.05, 3.63) is 0 Å². The van der Waals surface area contributed by atoms with Crippen molar-refractivity contribution in [1.29, 1.82) is 0 Å². The third kappa shape index (κ3) is 2.61. The molecular formula is C9H17N3O4. The highest BCUT2D eigenvalue weighted by atomic mass is 16.5. The molecule has 2 atom stereocenters. The van der Waals surface area contributed by atoms with Crippen molar-refractivity contribution in [3.8, 4) is 0 Å². The normalized spacial score (nSPS) is 24.2. The Bertz CT molecular complexity index is 282. The predicted molar refractivity (Wildman–Crippen MR) is 56.0 cm³/mol. The summed E-state index contributed by atoms with van der Waals surface area (Å²) in [5.74, 6) is -1.09. The van der Waals surface area contributed by atoms with Crippen LogP contribution in [-0.4, -0.2) is 59.4 Å². The summed E-state index contributed by atoms with van der Waals surface area (Å²) in [4.78, 5) is 13.5. The van der Waals surface area contributed by atoms with Gasteiger partial charge >= 0.3 is 0 Å². The number of nitrogens with zero attached hydrogens (tertiary/aromatic N) is 2. The Labute approximate surface area is 93.5 Å². The predicted octanol–water partition coefficient (Wildman–Crippen LogP) is -1.41. The molecule has 1 rings (SSSR count). The Morgan fingerprint density at radius 1 is 1.75 bits per heavy atom. The Kier molecular flexibility index (Phi) is 4.51. The number of ether oxygens (including phenoxy) is 1. The first-order valence-electron chi connectivity index (χ1n) is 5.08. The van der Waals surface area contributed by atoms with Gasteiger partial charge < -0.3 is 25.7 Å². The number of hydrogen-bond donors (Lipinski definition) is 3. The van der Waals surface area contributed by atoms with Gasteiger partial charge in [-0.25, -0.2) is 0 Å². The zero-order valence-corrected chi connectivity index (χ0v) is 9.17. The van der Waals surface area contributed by atoms with Gasteiger partial charge in [0.15, 0.2) is 5.84 Å². The molecule has 0 saturated carbocycles. The molecule has 7 nitrogen and oxygen atoms in total. The second kappa shape index (κ2) is 5.66. The van der Waals surface area contributed by atoms with Crippen molar-refractivity contribution in [2.45, 2.75) is 13.0 Å². The van der Waals surface area contributed by atoms with Crippen LogP contribution in [0, 0.1) is 5.92 Å². The molecule has 1 aliphatic rings. The average Bonchev–Trinajstić information content (AvgIpc) is 2.35. The number of amides is 1. The Balaban J connectivity index is 2.70. The topological polar surface area (TPSA) is 108 Å². The van der Waals surface area contributed by atoms with Crippen LogP contribution in [0.4, 0.5) is 0 Å². The third-order valence-electron chi connectivity index (χ3n) is 2.65. The first-order chi connectivity index (χ1) is 7.61. The summed E-state index contributed by atoms with van der Waals surface area (Å²) < 4.78 is 5.16. The Morgan fingerprint density at radius 3 is 3.00 bits per heavy atom. The van der Waals surface area contributed by atoms with E-state index >= 15 is 0 Å². The minimum atomic E-state index is -0.697. The lowest BCUT2D eigenvalue weighted by molar-refractivity contribution is -0.143. The number of morpholine rings is 1. The van der Waals surface area contributed by atoms with E-state index in [4.69, 9.17) is 20.8 Å². The first-order valence-corrected chi connectivity index (χ1v) is 5.08. The fourth-order valence-electron chi connectivity index (χ4n) is 1.56. The SMILES string of the molecule is CC(C(=O)N1CCOCC1CO)C(N)=NO. The lowest BCUT2D eigenvalue weighted by atomic mass is 10.1. The van der Waals surface area contributed by atoms with Crippen LogP contribution in [0.1, 0.15) is 6.92 Å². The van der Waals surface area contributed by atoms with Crippen LogP contribution in [-0.2, 0) is 9.53 Å². The summed E-state index contributed by atoms with van der Waals surface area (Å²) in [6.07, 6.45) is 0. The zero-order chi connectivity index (χ0) is 12.1. The molecule has 7 heteroatoms. The van der Waals surface area contributed by atoms with E-state index in [9.17, 15) is 4.79 Å². The molecule has 1 aliphatic heterocycles. The number of rotatable bonds is 3. The molecule has 92 valence electrons. The molecule has 0 spiro atoms. The molecular weight excluding hydrogens is 214 g/mol. The lowest BCUT2D eigenvalue weighted by Crippen LogP contribution is -2.53. The fraction of sp³-hybridized carbons (Fsp3) is 0.778. The van der Waals surface area contributed by atoms with Gasteiger partial charge in [0, 0.05) is 6.54 Å². The average molecular weight is 231 g/mol. The molecule has 0 aromatic rings. The second-order valence-corrected chi connectivity index (χ2v) is 3.69. The maximum atomic E-state index is 12.0. The van der Waals surface area contributed by atoms with Crippen molar-refractivity contribution in [3.63, 3.8) is 0 Å². The molecule has 0 radical (unpaired) electrons. The number of aliphatic hydroxyl groups excluding tert-OH is 1. The maximum absolute atomic E-state index is 12.0. The fourth-order valence-corrected chi connectivity index (χ4v) is 1.56. The molecule has 4 N–H and O–H groups in total. The van der Waals surface area contributed by atoms with Gasteiger partial charge in [-0.3, -0.25) is 4.79 Å². The third-order valence-corrected chi connectivity index (χ3v) is 2.65. The molecule has 1 fully saturated rings. The quantitative estimate of drug-likeness (QED) is 0.239. The summed E-state index contributed by atoms with van der Waals surface area (Å²) in [5.41, 5.74) is 5.37. The van der Waals surface area contributed by atoms with E-state index < -0.39 is 5.92 Å². The van der Waals surface area contributed by atoms with E-state index in [-0.39, 0.29) is 24.4 Å². The molecule has 0 aromatic heterocycles. The molecule has 16 heavy (non-hydrogen) atoms. The van der Waals surface area contributed by atoms with Crippen molar-refractivity contribution in [2.75, 3.05) is 26.4 Å². The summed E-state index contributed by atoms with van der Waals surface area (Å²) in [6.45, 7) is 2.55. The standard InChI is InChI=1S/C9H17N3O4/c1-6(8(10)11-15)9(14)12-2-3-16-5-7(12)4-13/h6-7,13,15H,2-5H2,1H3,(H2,10,11). The van der Waals surface area contributed by atoms with Crippen LogP contribution < -0.4 is 5.73 Å². The second-order valence-electron chi connectivity index (χ2n) is 3.69. The van der Waals surface area contributed by atoms with E-state index in [1.54, 1.807) is 6.92 Å². The van der Waals surface area contributed by atoms with Gasteiger partial charge in [-0.15, -0.1) is 0 Å². The van der Waals surface area contributed by atoms with E-state index in [1.165, 1.54) is 4.90 Å². The van der Waals surface area contributed by atoms with E-state index in [2.05, 4.69) is 5.16 Å². The van der Waals surface area contributed by atoms with Crippen molar-refractivity contribution >= 4 is 11.7 Å². The van der Waals surface area contributed by atoms with Gasteiger partial charge in [0.25, 0.3) is 0 Å². The first kappa shape index (κ1) is 12.7. The molecule has 0 bridgehead atoms. The van der Waals surface area contributed by atoms with Crippen molar-refractivity contribution < 1.29 is 19.8 Å². The zero-order valence-electron chi connectivity index (χ0n) is 9.17. The summed E-state index contributed by atoms with van der Waals surface area (Å²) in [5, 5.41) is 20.4. The maximum Gasteiger partial charge on any atom is 0.233 e. The van der Waals surface area contributed by atoms with Gasteiger partial charge in [0.1, 0.15) is 0 Å². The largest absolute Gasteiger partial charge is 0.409 e. The smallest absolute Gasteiger partial charge is 0.233 e. The van der Waals surface area contributed by atoms with Crippen LogP contribution in [0.2, 0.25) is 0 Å². The number of carbonyl (C=O) groups is 1. The van der Waals surface area contributed by atoms with Crippen molar-refractivity contribution in [1.82, 2.24) is 4.90 Å². The van der Waals surface area contributed by atoms with Crippen LogP contribution in [0.5, 0.6) is 0 Å². The number of aliphatic hydroxyl groups is 1.